The van der Waals surface area contributed by atoms with E-state index in [1.54, 1.807) is 4.68 Å². The lowest BCUT2D eigenvalue weighted by Crippen LogP contribution is -2.08. The van der Waals surface area contributed by atoms with Gasteiger partial charge in [0.05, 0.1) is 19.2 Å². The Morgan fingerprint density at radius 3 is 2.71 bits per heavy atom. The number of hydrogen-bond donors (Lipinski definition) is 2. The number of nitrogens with zero attached hydrogens (tertiary/aromatic N) is 2. The van der Waals surface area contributed by atoms with Crippen LogP contribution in [0.4, 0.5) is 5.82 Å². The lowest BCUT2D eigenvalue weighted by Gasteiger charge is -2.04. The lowest BCUT2D eigenvalue weighted by molar-refractivity contribution is -0.136. The topological polar surface area (TPSA) is 81.1 Å². The van der Waals surface area contributed by atoms with Crippen molar-refractivity contribution in [3.8, 4) is 0 Å². The van der Waals surface area contributed by atoms with Crippen LogP contribution >= 0.6 is 0 Å². The molecule has 0 aliphatic rings. The van der Waals surface area contributed by atoms with Crippen LogP contribution in [0.1, 0.15) is 11.1 Å². The normalized spacial score (nSPS) is 10.4. The van der Waals surface area contributed by atoms with Crippen LogP contribution in [0.3, 0.4) is 0 Å². The van der Waals surface area contributed by atoms with Gasteiger partial charge in [0.15, 0.2) is 0 Å². The van der Waals surface area contributed by atoms with Gasteiger partial charge in [0.1, 0.15) is 5.82 Å². The molecule has 0 radical (unpaired) electrons. The number of carbonyl (C=O) groups is 1. The summed E-state index contributed by atoms with van der Waals surface area (Å²) in [6.45, 7) is 0.548. The summed E-state index contributed by atoms with van der Waals surface area (Å²) in [6.07, 6.45) is 1.41. The zero-order valence-corrected chi connectivity index (χ0v) is 9.21. The number of nitrogen functional groups attached to an aromatic ring is 1. The molecule has 0 amide bonds. The Kier molecular flexibility index (Phi) is 3.09. The van der Waals surface area contributed by atoms with Crippen molar-refractivity contribution in [1.82, 2.24) is 9.78 Å². The molecule has 5 heteroatoms. The van der Waals surface area contributed by atoms with E-state index in [1.165, 1.54) is 6.20 Å². The Bertz CT molecular complexity index is 520. The maximum absolute atomic E-state index is 10.6. The number of benzene rings is 1. The van der Waals surface area contributed by atoms with Gasteiger partial charge in [-0.05, 0) is 5.56 Å². The molecule has 17 heavy (non-hydrogen) atoms. The van der Waals surface area contributed by atoms with Gasteiger partial charge in [0.25, 0.3) is 0 Å². The van der Waals surface area contributed by atoms with E-state index in [0.717, 1.165) is 5.56 Å². The molecule has 1 aromatic heterocycles. The van der Waals surface area contributed by atoms with Crippen molar-refractivity contribution in [2.75, 3.05) is 5.73 Å². The van der Waals surface area contributed by atoms with Crippen LogP contribution in [0.25, 0.3) is 0 Å². The SMILES string of the molecule is Nc1c(CC(=O)O)cnn1Cc1ccccc1. The van der Waals surface area contributed by atoms with E-state index in [0.29, 0.717) is 17.9 Å². The summed E-state index contributed by atoms with van der Waals surface area (Å²) in [6, 6.07) is 9.75. The van der Waals surface area contributed by atoms with Crippen molar-refractivity contribution >= 4 is 11.8 Å². The average Bonchev–Trinajstić information content (AvgIpc) is 2.62. The van der Waals surface area contributed by atoms with E-state index < -0.39 is 5.97 Å². The molecule has 0 saturated heterocycles. The molecule has 0 aliphatic carbocycles. The number of aromatic nitrogens is 2. The summed E-state index contributed by atoms with van der Waals surface area (Å²) in [7, 11) is 0. The first kappa shape index (κ1) is 11.2. The van der Waals surface area contributed by atoms with Crippen molar-refractivity contribution in [3.63, 3.8) is 0 Å². The number of hydrogen-bond acceptors (Lipinski definition) is 3. The van der Waals surface area contributed by atoms with Gasteiger partial charge in [-0.1, -0.05) is 30.3 Å². The van der Waals surface area contributed by atoms with Crippen LogP contribution < -0.4 is 5.73 Å². The molecular weight excluding hydrogens is 218 g/mol. The van der Waals surface area contributed by atoms with E-state index in [1.807, 2.05) is 30.3 Å². The van der Waals surface area contributed by atoms with E-state index in [4.69, 9.17) is 10.8 Å². The van der Waals surface area contributed by atoms with Gasteiger partial charge in [-0.15, -0.1) is 0 Å². The van der Waals surface area contributed by atoms with Crippen molar-refractivity contribution in [1.29, 1.82) is 0 Å². The summed E-state index contributed by atoms with van der Waals surface area (Å²) >= 11 is 0. The Balaban J connectivity index is 2.18. The van der Waals surface area contributed by atoms with Gasteiger partial charge in [0.2, 0.25) is 0 Å². The van der Waals surface area contributed by atoms with E-state index in [-0.39, 0.29) is 6.42 Å². The molecule has 88 valence electrons. The van der Waals surface area contributed by atoms with E-state index >= 15 is 0 Å². The molecule has 5 nitrogen and oxygen atoms in total. The van der Waals surface area contributed by atoms with Crippen molar-refractivity contribution in [3.05, 3.63) is 47.7 Å². The molecule has 0 atom stereocenters. The zero-order valence-electron chi connectivity index (χ0n) is 9.21. The lowest BCUT2D eigenvalue weighted by atomic mass is 10.2. The van der Waals surface area contributed by atoms with Gasteiger partial charge in [-0.3, -0.25) is 4.79 Å². The molecule has 0 spiro atoms. The monoisotopic (exact) mass is 231 g/mol. The molecule has 0 fully saturated rings. The molecule has 0 bridgehead atoms. The minimum absolute atomic E-state index is 0.0966. The highest BCUT2D eigenvalue weighted by Gasteiger charge is 2.10. The second kappa shape index (κ2) is 4.69. The standard InChI is InChI=1S/C12H13N3O2/c13-12-10(6-11(16)17)7-14-15(12)8-9-4-2-1-3-5-9/h1-5,7H,6,8,13H2,(H,16,17). The minimum atomic E-state index is -0.907. The molecule has 3 N–H and O–H groups in total. The predicted octanol–water partition coefficient (Wildman–Crippen LogP) is 1.14. The third-order valence-electron chi connectivity index (χ3n) is 2.48. The fourth-order valence-corrected chi connectivity index (χ4v) is 1.61. The highest BCUT2D eigenvalue weighted by atomic mass is 16.4. The fourth-order valence-electron chi connectivity index (χ4n) is 1.61. The molecule has 1 aromatic carbocycles. The van der Waals surface area contributed by atoms with Gasteiger partial charge in [-0.2, -0.15) is 5.10 Å². The van der Waals surface area contributed by atoms with Crippen LogP contribution in [0, 0.1) is 0 Å². The van der Waals surface area contributed by atoms with Gasteiger partial charge >= 0.3 is 5.97 Å². The largest absolute Gasteiger partial charge is 0.481 e. The highest BCUT2D eigenvalue weighted by Crippen LogP contribution is 2.13. The van der Waals surface area contributed by atoms with E-state index in [2.05, 4.69) is 5.10 Å². The maximum Gasteiger partial charge on any atom is 0.308 e. The third kappa shape index (κ3) is 2.63. The smallest absolute Gasteiger partial charge is 0.308 e. The van der Waals surface area contributed by atoms with Crippen molar-refractivity contribution < 1.29 is 9.90 Å². The Hall–Kier alpha value is -2.30. The number of aliphatic carboxylic acids is 1. The van der Waals surface area contributed by atoms with Crippen molar-refractivity contribution in [2.45, 2.75) is 13.0 Å². The first-order valence-electron chi connectivity index (χ1n) is 5.22. The summed E-state index contributed by atoms with van der Waals surface area (Å²) in [4.78, 5) is 10.6. The number of carboxylic acids is 1. The third-order valence-corrected chi connectivity index (χ3v) is 2.48. The number of anilines is 1. The predicted molar refractivity (Wildman–Crippen MR) is 63.5 cm³/mol. The highest BCUT2D eigenvalue weighted by molar-refractivity contribution is 5.72. The second-order valence-electron chi connectivity index (χ2n) is 3.77. The quantitative estimate of drug-likeness (QED) is 0.826. The first-order valence-corrected chi connectivity index (χ1v) is 5.22. The molecule has 2 rings (SSSR count). The summed E-state index contributed by atoms with van der Waals surface area (Å²) < 4.78 is 1.60. The Labute approximate surface area is 98.5 Å². The minimum Gasteiger partial charge on any atom is -0.481 e. The first-order chi connectivity index (χ1) is 8.16. The summed E-state index contributed by atoms with van der Waals surface area (Å²) in [5.74, 6) is -0.493. The number of rotatable bonds is 4. The van der Waals surface area contributed by atoms with E-state index in [9.17, 15) is 4.79 Å². The molecule has 0 saturated carbocycles. The fraction of sp³-hybridized carbons (Fsp3) is 0.167. The molecule has 2 aromatic rings. The molecular formula is C12H13N3O2. The average molecular weight is 231 g/mol. The number of nitrogens with two attached hydrogens (primary N) is 1. The summed E-state index contributed by atoms with van der Waals surface area (Å²) in [5, 5.41) is 12.8. The summed E-state index contributed by atoms with van der Waals surface area (Å²) in [5.41, 5.74) is 7.46. The maximum atomic E-state index is 10.6. The van der Waals surface area contributed by atoms with Crippen LogP contribution in [-0.4, -0.2) is 20.9 Å². The van der Waals surface area contributed by atoms with Gasteiger partial charge < -0.3 is 10.8 Å². The van der Waals surface area contributed by atoms with Crippen LogP contribution in [0.2, 0.25) is 0 Å². The number of carboxylic acid groups (broad SMARTS) is 1. The van der Waals surface area contributed by atoms with Crippen LogP contribution in [-0.2, 0) is 17.8 Å². The molecule has 0 aliphatic heterocycles. The molecule has 1 heterocycles. The van der Waals surface area contributed by atoms with Gasteiger partial charge in [-0.25, -0.2) is 4.68 Å². The Morgan fingerprint density at radius 1 is 1.35 bits per heavy atom. The Morgan fingerprint density at radius 2 is 2.06 bits per heavy atom. The second-order valence-corrected chi connectivity index (χ2v) is 3.77. The van der Waals surface area contributed by atoms with Crippen LogP contribution in [0.5, 0.6) is 0 Å². The van der Waals surface area contributed by atoms with Crippen LogP contribution in [0.15, 0.2) is 36.5 Å². The molecule has 0 unspecified atom stereocenters. The zero-order chi connectivity index (χ0) is 12.3. The van der Waals surface area contributed by atoms with Crippen molar-refractivity contribution in [2.24, 2.45) is 0 Å². The van der Waals surface area contributed by atoms with Gasteiger partial charge in [0, 0.05) is 5.56 Å².